The van der Waals surface area contributed by atoms with Crippen molar-refractivity contribution in [1.29, 1.82) is 0 Å². The molecule has 0 heterocycles. The molecule has 0 aliphatic rings. The Morgan fingerprint density at radius 3 is 2.17 bits per heavy atom. The molecule has 1 nitrogen and oxygen atoms in total. The first-order valence-electron chi connectivity index (χ1n) is 2.12. The summed E-state index contributed by atoms with van der Waals surface area (Å²) in [6.07, 6.45) is 0. The van der Waals surface area contributed by atoms with Crippen molar-refractivity contribution in [3.05, 3.63) is 0 Å². The Balaban J connectivity index is 3.22. The van der Waals surface area contributed by atoms with E-state index in [9.17, 15) is 0 Å². The van der Waals surface area contributed by atoms with Gasteiger partial charge in [0.1, 0.15) is 0 Å². The van der Waals surface area contributed by atoms with Gasteiger partial charge in [-0.2, -0.15) is 0 Å². The normalized spacial score (nSPS) is 10.2. The van der Waals surface area contributed by atoms with Crippen molar-refractivity contribution in [3.8, 4) is 0 Å². The predicted octanol–water partition coefficient (Wildman–Crippen LogP) is 0.108. The first-order chi connectivity index (χ1) is 2.81. The van der Waals surface area contributed by atoms with Crippen molar-refractivity contribution in [2.45, 2.75) is 13.7 Å². The molecule has 0 radical (unpaired) electrons. The van der Waals surface area contributed by atoms with Crippen molar-refractivity contribution >= 4 is 12.5 Å². The van der Waals surface area contributed by atoms with Gasteiger partial charge in [-0.1, -0.05) is 0 Å². The number of hydrogen-bond donors (Lipinski definition) is 1. The molecule has 0 saturated carbocycles. The van der Waals surface area contributed by atoms with Gasteiger partial charge in [-0.25, -0.2) is 0 Å². The van der Waals surface area contributed by atoms with Crippen molar-refractivity contribution in [2.24, 2.45) is 0 Å². The fraction of sp³-hybridized carbons (Fsp3) is 0.750. The van der Waals surface area contributed by atoms with Gasteiger partial charge < -0.3 is 0 Å². The van der Waals surface area contributed by atoms with Crippen LogP contribution in [-0.4, -0.2) is 19.6 Å². The SMILES string of the molecule is CB=C(C)NC. The van der Waals surface area contributed by atoms with E-state index in [4.69, 9.17) is 0 Å². The van der Waals surface area contributed by atoms with Crippen LogP contribution in [0, 0.1) is 0 Å². The number of rotatable bonds is 1. The summed E-state index contributed by atoms with van der Waals surface area (Å²) in [4.78, 5) is 0. The maximum absolute atomic E-state index is 2.98. The average molecular weight is 82.9 g/mol. The minimum atomic E-state index is 1.22. The number of nitrogens with one attached hydrogen (secondary N) is 1. The fourth-order valence-corrected chi connectivity index (χ4v) is 0.144. The third-order valence-corrected chi connectivity index (χ3v) is 0.827. The monoisotopic (exact) mass is 83.1 g/mol. The van der Waals surface area contributed by atoms with Gasteiger partial charge in [-0.15, -0.1) is 0 Å². The molecule has 0 bridgehead atoms. The molecular formula is C4H10BN. The zero-order valence-corrected chi connectivity index (χ0v) is 4.58. The van der Waals surface area contributed by atoms with Crippen LogP contribution in [0.4, 0.5) is 0 Å². The van der Waals surface area contributed by atoms with Gasteiger partial charge in [-0.3, -0.25) is 0 Å². The molecule has 0 spiro atoms. The van der Waals surface area contributed by atoms with Crippen LogP contribution < -0.4 is 5.32 Å². The van der Waals surface area contributed by atoms with E-state index in [1.165, 1.54) is 5.59 Å². The van der Waals surface area contributed by atoms with Crippen LogP contribution in [0.1, 0.15) is 6.92 Å². The summed E-state index contributed by atoms with van der Waals surface area (Å²) < 4.78 is 0. The molecule has 0 saturated heterocycles. The van der Waals surface area contributed by atoms with Gasteiger partial charge in [-0.05, 0) is 0 Å². The molecule has 0 aromatic heterocycles. The van der Waals surface area contributed by atoms with Crippen LogP contribution in [0.25, 0.3) is 0 Å². The van der Waals surface area contributed by atoms with Crippen molar-refractivity contribution in [2.75, 3.05) is 7.05 Å². The van der Waals surface area contributed by atoms with Crippen LogP contribution >= 0.6 is 0 Å². The molecule has 0 aromatic rings. The van der Waals surface area contributed by atoms with Gasteiger partial charge in [0.25, 0.3) is 0 Å². The van der Waals surface area contributed by atoms with Crippen LogP contribution in [0.5, 0.6) is 0 Å². The van der Waals surface area contributed by atoms with E-state index in [1.54, 1.807) is 0 Å². The van der Waals surface area contributed by atoms with E-state index >= 15 is 0 Å². The maximum atomic E-state index is 2.98. The Morgan fingerprint density at radius 1 is 1.67 bits per heavy atom. The summed E-state index contributed by atoms with van der Waals surface area (Å²) in [6.45, 7) is 6.06. The Morgan fingerprint density at radius 2 is 2.17 bits per heavy atom. The van der Waals surface area contributed by atoms with Crippen molar-refractivity contribution in [3.63, 3.8) is 0 Å². The second kappa shape index (κ2) is 2.95. The zero-order valence-electron chi connectivity index (χ0n) is 4.58. The first-order valence-corrected chi connectivity index (χ1v) is 2.12. The second-order valence-corrected chi connectivity index (χ2v) is 1.22. The van der Waals surface area contributed by atoms with Crippen LogP contribution in [0.2, 0.25) is 6.82 Å². The Hall–Kier alpha value is -0.265. The second-order valence-electron chi connectivity index (χ2n) is 1.22. The van der Waals surface area contributed by atoms with Gasteiger partial charge in [0, 0.05) is 0 Å². The summed E-state index contributed by atoms with van der Waals surface area (Å²) in [6, 6.07) is 0. The van der Waals surface area contributed by atoms with Gasteiger partial charge in [0.05, 0.1) is 0 Å². The Bertz CT molecular complexity index is 58.6. The van der Waals surface area contributed by atoms with E-state index in [1.807, 2.05) is 27.7 Å². The molecule has 0 aromatic carbocycles. The van der Waals surface area contributed by atoms with Crippen LogP contribution in [-0.2, 0) is 0 Å². The van der Waals surface area contributed by atoms with Crippen molar-refractivity contribution in [1.82, 2.24) is 5.32 Å². The summed E-state index contributed by atoms with van der Waals surface area (Å²) in [5.74, 6) is 0. The van der Waals surface area contributed by atoms with E-state index in [0.717, 1.165) is 0 Å². The third-order valence-electron chi connectivity index (χ3n) is 0.827. The van der Waals surface area contributed by atoms with Gasteiger partial charge in [0.2, 0.25) is 0 Å². The molecule has 0 amide bonds. The first kappa shape index (κ1) is 5.73. The zero-order chi connectivity index (χ0) is 4.99. The summed E-state index contributed by atoms with van der Waals surface area (Å²) in [5, 5.41) is 2.98. The van der Waals surface area contributed by atoms with E-state index in [2.05, 4.69) is 5.32 Å². The molecule has 2 heteroatoms. The summed E-state index contributed by atoms with van der Waals surface area (Å²) in [7, 11) is 1.91. The van der Waals surface area contributed by atoms with Gasteiger partial charge in [0.15, 0.2) is 0 Å². The van der Waals surface area contributed by atoms with E-state index in [-0.39, 0.29) is 0 Å². The topological polar surface area (TPSA) is 12.0 Å². The minimum absolute atomic E-state index is 1.22. The molecule has 0 atom stereocenters. The standard InChI is InChI=1S/C4H10BN/c1-4(5-2)6-3/h6H,1-3H3. The Kier molecular flexibility index (Phi) is 2.82. The van der Waals surface area contributed by atoms with E-state index in [0.29, 0.717) is 0 Å². The summed E-state index contributed by atoms with van der Waals surface area (Å²) >= 11 is 0. The molecular weight excluding hydrogens is 72.9 g/mol. The molecule has 0 rings (SSSR count). The molecule has 34 valence electrons. The molecule has 0 fully saturated rings. The fourth-order valence-electron chi connectivity index (χ4n) is 0.144. The average Bonchev–Trinajstić information content (AvgIpc) is 1.65. The van der Waals surface area contributed by atoms with Crippen LogP contribution in [0.15, 0.2) is 0 Å². The predicted molar refractivity (Wildman–Crippen MR) is 31.4 cm³/mol. The van der Waals surface area contributed by atoms with Gasteiger partial charge >= 0.3 is 38.6 Å². The molecule has 0 aliphatic heterocycles. The molecule has 0 aliphatic carbocycles. The summed E-state index contributed by atoms with van der Waals surface area (Å²) in [5.41, 5.74) is 1.22. The third kappa shape index (κ3) is 2.00. The van der Waals surface area contributed by atoms with Crippen molar-refractivity contribution < 1.29 is 0 Å². The molecule has 1 N–H and O–H groups in total. The Labute approximate surface area is 39.7 Å². The van der Waals surface area contributed by atoms with Crippen LogP contribution in [0.3, 0.4) is 0 Å². The molecule has 0 unspecified atom stereocenters. The quantitative estimate of drug-likeness (QED) is 0.443. The number of hydrogen-bond acceptors (Lipinski definition) is 1. The van der Waals surface area contributed by atoms with E-state index < -0.39 is 0 Å². The molecule has 6 heavy (non-hydrogen) atoms.